The maximum atomic E-state index is 14.3. The van der Waals surface area contributed by atoms with E-state index in [1.807, 2.05) is 0 Å². The molecule has 2 rings (SSSR count). The van der Waals surface area contributed by atoms with E-state index in [2.05, 4.69) is 14.2 Å². The Balaban J connectivity index is 2.72. The van der Waals surface area contributed by atoms with Crippen molar-refractivity contribution in [1.82, 2.24) is 14.5 Å². The zero-order valence-corrected chi connectivity index (χ0v) is 15.1. The summed E-state index contributed by atoms with van der Waals surface area (Å²) in [6.45, 7) is 2.47. The quantitative estimate of drug-likeness (QED) is 0.318. The standard InChI is InChI=1S/C12H7Cl2F4N3O4S/c1-4-3-19-9(14)7(15)8(4)21-5(2)20-10(6(13)11(21)22)25-26(23,24)12(16,17)18/h3H,1-2H3. The first kappa shape index (κ1) is 20.4. The summed E-state index contributed by atoms with van der Waals surface area (Å²) in [5, 5.41) is -1.68. The van der Waals surface area contributed by atoms with Crippen LogP contribution in [0.15, 0.2) is 11.0 Å². The van der Waals surface area contributed by atoms with E-state index in [1.54, 1.807) is 0 Å². The predicted octanol–water partition coefficient (Wildman–Crippen LogP) is 2.92. The molecule has 26 heavy (non-hydrogen) atoms. The van der Waals surface area contributed by atoms with Gasteiger partial charge < -0.3 is 4.18 Å². The molecule has 0 bridgehead atoms. The monoisotopic (exact) mass is 435 g/mol. The van der Waals surface area contributed by atoms with E-state index in [9.17, 15) is 30.8 Å². The lowest BCUT2D eigenvalue weighted by atomic mass is 10.2. The van der Waals surface area contributed by atoms with Gasteiger partial charge in [0.2, 0.25) is 0 Å². The number of hydrogen-bond donors (Lipinski definition) is 0. The molecule has 2 aromatic rings. The number of aromatic nitrogens is 3. The first-order valence-electron chi connectivity index (χ1n) is 6.38. The lowest BCUT2D eigenvalue weighted by molar-refractivity contribution is -0.0501. The molecule has 0 aliphatic heterocycles. The predicted molar refractivity (Wildman–Crippen MR) is 82.7 cm³/mol. The van der Waals surface area contributed by atoms with E-state index < -0.39 is 54.6 Å². The van der Waals surface area contributed by atoms with E-state index in [4.69, 9.17) is 23.2 Å². The van der Waals surface area contributed by atoms with Crippen molar-refractivity contribution in [3.05, 3.63) is 43.9 Å². The number of aryl methyl sites for hydroxylation is 2. The Morgan fingerprint density at radius 3 is 2.35 bits per heavy atom. The zero-order chi connectivity index (χ0) is 20.0. The average Bonchev–Trinajstić information content (AvgIpc) is 2.50. The van der Waals surface area contributed by atoms with Gasteiger partial charge in [-0.05, 0) is 19.4 Å². The molecule has 14 heteroatoms. The lowest BCUT2D eigenvalue weighted by Crippen LogP contribution is -2.31. The minimum Gasteiger partial charge on any atom is -0.353 e. The molecule has 0 saturated carbocycles. The molecule has 0 spiro atoms. The van der Waals surface area contributed by atoms with Gasteiger partial charge >= 0.3 is 15.6 Å². The van der Waals surface area contributed by atoms with Crippen molar-refractivity contribution in [3.63, 3.8) is 0 Å². The minimum absolute atomic E-state index is 0.131. The Labute approximate surface area is 153 Å². The van der Waals surface area contributed by atoms with E-state index in [1.165, 1.54) is 6.92 Å². The molecule has 0 fully saturated rings. The van der Waals surface area contributed by atoms with Gasteiger partial charge in [0, 0.05) is 6.20 Å². The Bertz CT molecular complexity index is 1050. The Morgan fingerprint density at radius 2 is 1.81 bits per heavy atom. The van der Waals surface area contributed by atoms with E-state index >= 15 is 0 Å². The van der Waals surface area contributed by atoms with Gasteiger partial charge in [0.05, 0.1) is 5.69 Å². The number of pyridine rings is 1. The van der Waals surface area contributed by atoms with E-state index in [0.717, 1.165) is 13.1 Å². The molecular formula is C12H7Cl2F4N3O4S. The fraction of sp³-hybridized carbons (Fsp3) is 0.250. The van der Waals surface area contributed by atoms with Gasteiger partial charge in [0.1, 0.15) is 5.82 Å². The Morgan fingerprint density at radius 1 is 1.23 bits per heavy atom. The largest absolute Gasteiger partial charge is 0.534 e. The van der Waals surface area contributed by atoms with Gasteiger partial charge in [-0.3, -0.25) is 9.36 Å². The SMILES string of the molecule is Cc1cnc(Cl)c(F)c1-n1c(C)nc(OS(=O)(=O)C(F)(F)F)c(Cl)c1=O. The maximum absolute atomic E-state index is 14.3. The van der Waals surface area contributed by atoms with Crippen molar-refractivity contribution >= 4 is 33.3 Å². The number of alkyl halides is 3. The molecule has 2 aromatic heterocycles. The molecule has 0 aromatic carbocycles. The molecule has 0 unspecified atom stereocenters. The number of halogens is 6. The highest BCUT2D eigenvalue weighted by Crippen LogP contribution is 2.30. The van der Waals surface area contributed by atoms with E-state index in [-0.39, 0.29) is 5.56 Å². The minimum atomic E-state index is -6.11. The highest BCUT2D eigenvalue weighted by molar-refractivity contribution is 7.88. The smallest absolute Gasteiger partial charge is 0.353 e. The normalized spacial score (nSPS) is 12.3. The van der Waals surface area contributed by atoms with Gasteiger partial charge in [0.25, 0.3) is 11.4 Å². The summed E-state index contributed by atoms with van der Waals surface area (Å²) in [7, 11) is -6.11. The number of rotatable bonds is 3. The van der Waals surface area contributed by atoms with Gasteiger partial charge in [-0.25, -0.2) is 9.37 Å². The second-order valence-corrected chi connectivity index (χ2v) is 7.07. The summed E-state index contributed by atoms with van der Waals surface area (Å²) in [6, 6.07) is 0. The van der Waals surface area contributed by atoms with Crippen molar-refractivity contribution in [3.8, 4) is 11.6 Å². The summed E-state index contributed by atoms with van der Waals surface area (Å²) in [5.41, 5.74) is -7.29. The first-order valence-corrected chi connectivity index (χ1v) is 8.55. The highest BCUT2D eigenvalue weighted by Gasteiger charge is 2.49. The van der Waals surface area contributed by atoms with Crippen LogP contribution in [-0.2, 0) is 10.1 Å². The second-order valence-electron chi connectivity index (χ2n) is 4.80. The van der Waals surface area contributed by atoms with Crippen LogP contribution in [0.25, 0.3) is 5.69 Å². The fourth-order valence-electron chi connectivity index (χ4n) is 1.87. The van der Waals surface area contributed by atoms with Crippen molar-refractivity contribution < 1.29 is 30.2 Å². The summed E-state index contributed by atoms with van der Waals surface area (Å²) < 4.78 is 78.0. The molecule has 0 aliphatic rings. The molecule has 0 aliphatic carbocycles. The summed E-state index contributed by atoms with van der Waals surface area (Å²) in [6.07, 6.45) is 1.14. The molecule has 0 saturated heterocycles. The molecule has 142 valence electrons. The molecule has 2 heterocycles. The van der Waals surface area contributed by atoms with Crippen molar-refractivity contribution in [2.75, 3.05) is 0 Å². The third-order valence-electron chi connectivity index (χ3n) is 3.00. The molecular weight excluding hydrogens is 429 g/mol. The van der Waals surface area contributed by atoms with E-state index in [0.29, 0.717) is 4.57 Å². The maximum Gasteiger partial charge on any atom is 0.534 e. The number of hydrogen-bond acceptors (Lipinski definition) is 6. The zero-order valence-electron chi connectivity index (χ0n) is 12.7. The first-order chi connectivity index (χ1) is 11.8. The van der Waals surface area contributed by atoms with Crippen molar-refractivity contribution in [2.24, 2.45) is 0 Å². The van der Waals surface area contributed by atoms with Crippen LogP contribution in [-0.4, -0.2) is 28.5 Å². The summed E-state index contributed by atoms with van der Waals surface area (Å²) >= 11 is 11.2. The van der Waals surface area contributed by atoms with Crippen LogP contribution in [0.3, 0.4) is 0 Å². The third kappa shape index (κ3) is 3.48. The second kappa shape index (κ2) is 6.67. The molecule has 0 radical (unpaired) electrons. The van der Waals surface area contributed by atoms with Crippen molar-refractivity contribution in [2.45, 2.75) is 19.4 Å². The van der Waals surface area contributed by atoms with Crippen LogP contribution in [0.4, 0.5) is 17.6 Å². The topological polar surface area (TPSA) is 91.2 Å². The van der Waals surface area contributed by atoms with Gasteiger partial charge in [-0.1, -0.05) is 23.2 Å². The Hall–Kier alpha value is -1.92. The van der Waals surface area contributed by atoms with Crippen LogP contribution >= 0.6 is 23.2 Å². The summed E-state index contributed by atoms with van der Waals surface area (Å²) in [5.74, 6) is -2.80. The van der Waals surface area contributed by atoms with Crippen LogP contribution < -0.4 is 9.74 Å². The van der Waals surface area contributed by atoms with Crippen LogP contribution in [0, 0.1) is 19.7 Å². The lowest BCUT2D eigenvalue weighted by Gasteiger charge is -2.15. The fourth-order valence-corrected chi connectivity index (χ4v) is 2.64. The Kier molecular flexibility index (Phi) is 5.23. The average molecular weight is 436 g/mol. The van der Waals surface area contributed by atoms with Crippen LogP contribution in [0.2, 0.25) is 10.2 Å². The summed E-state index contributed by atoms with van der Waals surface area (Å²) in [4.78, 5) is 19.3. The number of nitrogens with zero attached hydrogens (tertiary/aromatic N) is 3. The van der Waals surface area contributed by atoms with Crippen LogP contribution in [0.1, 0.15) is 11.4 Å². The molecule has 0 amide bonds. The molecule has 0 N–H and O–H groups in total. The van der Waals surface area contributed by atoms with Gasteiger partial charge in [-0.15, -0.1) is 0 Å². The van der Waals surface area contributed by atoms with Crippen LogP contribution in [0.5, 0.6) is 5.88 Å². The third-order valence-corrected chi connectivity index (χ3v) is 4.53. The van der Waals surface area contributed by atoms with Crippen molar-refractivity contribution in [1.29, 1.82) is 0 Å². The molecule has 7 nitrogen and oxygen atoms in total. The van der Waals surface area contributed by atoms with Gasteiger partial charge in [-0.2, -0.15) is 26.6 Å². The highest BCUT2D eigenvalue weighted by atomic mass is 35.5. The molecule has 0 atom stereocenters. The van der Waals surface area contributed by atoms with Gasteiger partial charge in [0.15, 0.2) is 16.0 Å².